The lowest BCUT2D eigenvalue weighted by molar-refractivity contribution is -0.116. The largest absolute Gasteiger partial charge is 0.398 e. The SMILES string of the molecule is Nc1cc(/C=C/C(=O)NCc2ccccn2)ccc1Cl. The minimum Gasteiger partial charge on any atom is -0.398 e. The molecule has 2 rings (SSSR count). The van der Waals surface area contributed by atoms with E-state index < -0.39 is 0 Å². The maximum absolute atomic E-state index is 11.7. The van der Waals surface area contributed by atoms with Gasteiger partial charge in [0.1, 0.15) is 0 Å². The lowest BCUT2D eigenvalue weighted by Crippen LogP contribution is -2.20. The summed E-state index contributed by atoms with van der Waals surface area (Å²) < 4.78 is 0. The van der Waals surface area contributed by atoms with E-state index in [-0.39, 0.29) is 5.91 Å². The Balaban J connectivity index is 1.90. The lowest BCUT2D eigenvalue weighted by atomic mass is 10.2. The van der Waals surface area contributed by atoms with Crippen molar-refractivity contribution in [3.05, 3.63) is 65.0 Å². The van der Waals surface area contributed by atoms with Crippen LogP contribution in [0.4, 0.5) is 5.69 Å². The molecule has 20 heavy (non-hydrogen) atoms. The number of nitrogens with two attached hydrogens (primary N) is 1. The number of nitrogens with zero attached hydrogens (tertiary/aromatic N) is 1. The first kappa shape index (κ1) is 14.1. The van der Waals surface area contributed by atoms with E-state index in [0.717, 1.165) is 11.3 Å². The molecule has 0 saturated heterocycles. The molecule has 0 spiro atoms. The van der Waals surface area contributed by atoms with E-state index in [1.165, 1.54) is 6.08 Å². The number of nitrogens with one attached hydrogen (secondary N) is 1. The predicted molar refractivity (Wildman–Crippen MR) is 81.0 cm³/mol. The second-order valence-electron chi connectivity index (χ2n) is 4.15. The van der Waals surface area contributed by atoms with Crippen LogP contribution < -0.4 is 11.1 Å². The summed E-state index contributed by atoms with van der Waals surface area (Å²) in [5.74, 6) is -0.191. The molecule has 1 aromatic carbocycles. The van der Waals surface area contributed by atoms with Gasteiger partial charge < -0.3 is 11.1 Å². The van der Waals surface area contributed by atoms with Crippen LogP contribution in [0.1, 0.15) is 11.3 Å². The monoisotopic (exact) mass is 287 g/mol. The van der Waals surface area contributed by atoms with Crippen molar-refractivity contribution in [3.63, 3.8) is 0 Å². The third-order valence-corrected chi connectivity index (χ3v) is 2.96. The Morgan fingerprint density at radius 3 is 2.90 bits per heavy atom. The van der Waals surface area contributed by atoms with Crippen LogP contribution in [-0.4, -0.2) is 10.9 Å². The first-order chi connectivity index (χ1) is 9.65. The van der Waals surface area contributed by atoms with E-state index in [0.29, 0.717) is 17.3 Å². The molecule has 0 aliphatic rings. The van der Waals surface area contributed by atoms with Crippen molar-refractivity contribution >= 4 is 29.3 Å². The van der Waals surface area contributed by atoms with Crippen LogP contribution >= 0.6 is 11.6 Å². The molecule has 2 aromatic rings. The fraction of sp³-hybridized carbons (Fsp3) is 0.0667. The highest BCUT2D eigenvalue weighted by molar-refractivity contribution is 6.33. The number of nitrogen functional groups attached to an aromatic ring is 1. The summed E-state index contributed by atoms with van der Waals surface area (Å²) in [5, 5.41) is 3.25. The van der Waals surface area contributed by atoms with Gasteiger partial charge in [-0.2, -0.15) is 0 Å². The number of aromatic nitrogens is 1. The highest BCUT2D eigenvalue weighted by Gasteiger charge is 1.98. The molecule has 0 atom stereocenters. The topological polar surface area (TPSA) is 68.0 Å². The molecule has 1 aromatic heterocycles. The number of hydrogen-bond donors (Lipinski definition) is 2. The Morgan fingerprint density at radius 1 is 1.35 bits per heavy atom. The maximum atomic E-state index is 11.7. The van der Waals surface area contributed by atoms with Crippen molar-refractivity contribution in [2.45, 2.75) is 6.54 Å². The fourth-order valence-electron chi connectivity index (χ4n) is 1.58. The van der Waals surface area contributed by atoms with Gasteiger partial charge in [-0.3, -0.25) is 9.78 Å². The summed E-state index contributed by atoms with van der Waals surface area (Å²) in [4.78, 5) is 15.8. The second-order valence-corrected chi connectivity index (χ2v) is 4.56. The number of hydrogen-bond acceptors (Lipinski definition) is 3. The quantitative estimate of drug-likeness (QED) is 0.671. The summed E-state index contributed by atoms with van der Waals surface area (Å²) in [6, 6.07) is 10.8. The van der Waals surface area contributed by atoms with Crippen molar-refractivity contribution in [2.24, 2.45) is 0 Å². The van der Waals surface area contributed by atoms with Crippen molar-refractivity contribution in [1.29, 1.82) is 0 Å². The third-order valence-electron chi connectivity index (χ3n) is 2.62. The first-order valence-corrected chi connectivity index (χ1v) is 6.44. The number of pyridine rings is 1. The number of amides is 1. The van der Waals surface area contributed by atoms with Crippen LogP contribution in [0.5, 0.6) is 0 Å². The van der Waals surface area contributed by atoms with Crippen molar-refractivity contribution in [3.8, 4) is 0 Å². The zero-order valence-corrected chi connectivity index (χ0v) is 11.5. The van der Waals surface area contributed by atoms with Gasteiger partial charge >= 0.3 is 0 Å². The minimum absolute atomic E-state index is 0.191. The van der Waals surface area contributed by atoms with Crippen molar-refractivity contribution in [1.82, 2.24) is 10.3 Å². The molecule has 4 nitrogen and oxygen atoms in total. The zero-order chi connectivity index (χ0) is 14.4. The van der Waals surface area contributed by atoms with Crippen LogP contribution in [-0.2, 0) is 11.3 Å². The van der Waals surface area contributed by atoms with Crippen LogP contribution in [0.15, 0.2) is 48.7 Å². The Kier molecular flexibility index (Phi) is 4.74. The number of carbonyl (C=O) groups is 1. The number of rotatable bonds is 4. The molecule has 5 heteroatoms. The molecule has 0 fully saturated rings. The van der Waals surface area contributed by atoms with Gasteiger partial charge in [0.15, 0.2) is 0 Å². The highest BCUT2D eigenvalue weighted by Crippen LogP contribution is 2.19. The van der Waals surface area contributed by atoms with Gasteiger partial charge in [0.25, 0.3) is 0 Å². The van der Waals surface area contributed by atoms with E-state index in [1.807, 2.05) is 18.2 Å². The summed E-state index contributed by atoms with van der Waals surface area (Å²) in [7, 11) is 0. The molecular formula is C15H14ClN3O. The number of carbonyl (C=O) groups excluding carboxylic acids is 1. The normalized spacial score (nSPS) is 10.7. The fourth-order valence-corrected chi connectivity index (χ4v) is 1.69. The smallest absolute Gasteiger partial charge is 0.244 e. The Labute approximate surface area is 122 Å². The van der Waals surface area contributed by atoms with Gasteiger partial charge in [0, 0.05) is 12.3 Å². The molecule has 1 heterocycles. The molecule has 0 radical (unpaired) electrons. The van der Waals surface area contributed by atoms with Gasteiger partial charge in [0.2, 0.25) is 5.91 Å². The molecule has 0 aliphatic carbocycles. The predicted octanol–water partition coefficient (Wildman–Crippen LogP) is 2.65. The van der Waals surface area contributed by atoms with Crippen LogP contribution in [0, 0.1) is 0 Å². The van der Waals surface area contributed by atoms with Gasteiger partial charge in [-0.25, -0.2) is 0 Å². The van der Waals surface area contributed by atoms with Crippen LogP contribution in [0.25, 0.3) is 6.08 Å². The zero-order valence-electron chi connectivity index (χ0n) is 10.7. The molecule has 0 unspecified atom stereocenters. The molecular weight excluding hydrogens is 274 g/mol. The average Bonchev–Trinajstić information content (AvgIpc) is 2.47. The molecule has 0 bridgehead atoms. The van der Waals surface area contributed by atoms with Gasteiger partial charge in [0.05, 0.1) is 22.9 Å². The summed E-state index contributed by atoms with van der Waals surface area (Å²) in [6.45, 7) is 0.396. The first-order valence-electron chi connectivity index (χ1n) is 6.06. The van der Waals surface area contributed by atoms with Gasteiger partial charge in [-0.05, 0) is 35.9 Å². The molecule has 1 amide bonds. The number of benzene rings is 1. The molecule has 3 N–H and O–H groups in total. The van der Waals surface area contributed by atoms with Gasteiger partial charge in [-0.1, -0.05) is 23.7 Å². The third kappa shape index (κ3) is 4.10. The summed E-state index contributed by atoms with van der Waals surface area (Å²) in [5.41, 5.74) is 7.81. The number of halogens is 1. The van der Waals surface area contributed by atoms with Crippen LogP contribution in [0.3, 0.4) is 0 Å². The van der Waals surface area contributed by atoms with E-state index in [1.54, 1.807) is 30.5 Å². The Bertz CT molecular complexity index is 626. The Morgan fingerprint density at radius 2 is 2.20 bits per heavy atom. The summed E-state index contributed by atoms with van der Waals surface area (Å²) >= 11 is 5.83. The maximum Gasteiger partial charge on any atom is 0.244 e. The van der Waals surface area contributed by atoms with E-state index in [4.69, 9.17) is 17.3 Å². The van der Waals surface area contributed by atoms with Crippen molar-refractivity contribution < 1.29 is 4.79 Å². The standard InChI is InChI=1S/C15H14ClN3O/c16-13-6-4-11(9-14(13)17)5-7-15(20)19-10-12-3-1-2-8-18-12/h1-9H,10,17H2,(H,19,20)/b7-5+. The summed E-state index contributed by atoms with van der Waals surface area (Å²) in [6.07, 6.45) is 4.82. The van der Waals surface area contributed by atoms with E-state index >= 15 is 0 Å². The van der Waals surface area contributed by atoms with Crippen LogP contribution in [0.2, 0.25) is 5.02 Å². The van der Waals surface area contributed by atoms with Gasteiger partial charge in [-0.15, -0.1) is 0 Å². The minimum atomic E-state index is -0.191. The molecule has 0 aliphatic heterocycles. The van der Waals surface area contributed by atoms with E-state index in [2.05, 4.69) is 10.3 Å². The lowest BCUT2D eigenvalue weighted by Gasteiger charge is -2.01. The van der Waals surface area contributed by atoms with Crippen molar-refractivity contribution in [2.75, 3.05) is 5.73 Å². The molecule has 102 valence electrons. The van der Waals surface area contributed by atoms with E-state index in [9.17, 15) is 4.79 Å². The second kappa shape index (κ2) is 6.73. The molecule has 0 saturated carbocycles. The number of anilines is 1. The Hall–Kier alpha value is -2.33. The average molecular weight is 288 g/mol. The highest BCUT2D eigenvalue weighted by atomic mass is 35.5.